The molecule has 0 saturated carbocycles. The molecule has 0 bridgehead atoms. The van der Waals surface area contributed by atoms with Crippen LogP contribution in [-0.4, -0.2) is 71.1 Å². The van der Waals surface area contributed by atoms with Crippen molar-refractivity contribution in [1.82, 2.24) is 24.7 Å². The van der Waals surface area contributed by atoms with Gasteiger partial charge in [-0.2, -0.15) is 0 Å². The van der Waals surface area contributed by atoms with Gasteiger partial charge in [0.15, 0.2) is 0 Å². The number of hydrogen-bond acceptors (Lipinski definition) is 4. The van der Waals surface area contributed by atoms with E-state index >= 15 is 0 Å². The van der Waals surface area contributed by atoms with Crippen LogP contribution in [0, 0.1) is 0 Å². The first-order valence-corrected chi connectivity index (χ1v) is 8.88. The molecule has 1 N–H and O–H groups in total. The minimum absolute atomic E-state index is 0.277. The molecule has 0 radical (unpaired) electrons. The number of amides is 1. The Hall–Kier alpha value is -1.40. The number of rotatable bonds is 4. The van der Waals surface area contributed by atoms with Gasteiger partial charge < -0.3 is 14.8 Å². The van der Waals surface area contributed by atoms with Gasteiger partial charge in [-0.3, -0.25) is 9.69 Å². The third-order valence-corrected chi connectivity index (χ3v) is 4.95. The average molecular weight is 319 g/mol. The van der Waals surface area contributed by atoms with Crippen molar-refractivity contribution < 1.29 is 4.79 Å². The fourth-order valence-corrected chi connectivity index (χ4v) is 3.69. The molecule has 1 unspecified atom stereocenters. The van der Waals surface area contributed by atoms with Crippen molar-refractivity contribution >= 4 is 5.91 Å². The van der Waals surface area contributed by atoms with E-state index < -0.39 is 0 Å². The van der Waals surface area contributed by atoms with Gasteiger partial charge in [0.05, 0.1) is 6.54 Å². The second-order valence-electron chi connectivity index (χ2n) is 6.99. The summed E-state index contributed by atoms with van der Waals surface area (Å²) in [6.45, 7) is 10.4. The first kappa shape index (κ1) is 16.5. The summed E-state index contributed by atoms with van der Waals surface area (Å²) in [5.41, 5.74) is 0. The maximum Gasteiger partial charge on any atom is 0.236 e. The minimum atomic E-state index is 0.277. The Labute approximate surface area is 138 Å². The molecule has 0 spiro atoms. The van der Waals surface area contributed by atoms with E-state index in [0.29, 0.717) is 18.5 Å². The lowest BCUT2D eigenvalue weighted by atomic mass is 9.97. The van der Waals surface area contributed by atoms with E-state index in [1.165, 1.54) is 12.2 Å². The number of aromatic nitrogens is 2. The van der Waals surface area contributed by atoms with Crippen LogP contribution in [0.4, 0.5) is 0 Å². The Kier molecular flexibility index (Phi) is 5.33. The van der Waals surface area contributed by atoms with Crippen molar-refractivity contribution in [2.24, 2.45) is 0 Å². The number of likely N-dealkylation sites (tertiary alicyclic amines) is 1. The summed E-state index contributed by atoms with van der Waals surface area (Å²) in [7, 11) is 0. The predicted octanol–water partition coefficient (Wildman–Crippen LogP) is 1.08. The van der Waals surface area contributed by atoms with Gasteiger partial charge in [-0.1, -0.05) is 0 Å². The lowest BCUT2D eigenvalue weighted by Gasteiger charge is -2.35. The fourth-order valence-electron chi connectivity index (χ4n) is 3.69. The molecular weight excluding hydrogens is 290 g/mol. The van der Waals surface area contributed by atoms with Gasteiger partial charge in [0.2, 0.25) is 5.91 Å². The molecule has 1 aromatic heterocycles. The van der Waals surface area contributed by atoms with Gasteiger partial charge in [-0.15, -0.1) is 0 Å². The molecule has 1 aromatic rings. The fraction of sp³-hybridized carbons (Fsp3) is 0.765. The average Bonchev–Trinajstić information content (AvgIpc) is 3.06. The van der Waals surface area contributed by atoms with E-state index in [-0.39, 0.29) is 5.91 Å². The van der Waals surface area contributed by atoms with Gasteiger partial charge in [0.1, 0.15) is 5.82 Å². The van der Waals surface area contributed by atoms with Crippen LogP contribution >= 0.6 is 0 Å². The van der Waals surface area contributed by atoms with E-state index in [1.54, 1.807) is 0 Å². The monoisotopic (exact) mass is 319 g/mol. The molecule has 128 valence electrons. The van der Waals surface area contributed by atoms with Crippen molar-refractivity contribution in [3.8, 4) is 0 Å². The zero-order valence-electron chi connectivity index (χ0n) is 14.4. The third-order valence-electron chi connectivity index (χ3n) is 4.95. The Balaban J connectivity index is 1.59. The molecule has 2 saturated heterocycles. The van der Waals surface area contributed by atoms with E-state index in [1.807, 2.05) is 11.1 Å². The van der Waals surface area contributed by atoms with Crippen molar-refractivity contribution in [2.75, 3.05) is 45.8 Å². The SMILES string of the molecule is CC(C)n1ccnc1C1CCCN(CC(=O)N2CCNCC2)C1. The van der Waals surface area contributed by atoms with Crippen molar-refractivity contribution in [1.29, 1.82) is 0 Å². The van der Waals surface area contributed by atoms with Gasteiger partial charge in [-0.05, 0) is 33.2 Å². The Bertz CT molecular complexity index is 521. The maximum absolute atomic E-state index is 12.5. The second-order valence-corrected chi connectivity index (χ2v) is 6.99. The zero-order chi connectivity index (χ0) is 16.2. The van der Waals surface area contributed by atoms with Crippen LogP contribution in [0.5, 0.6) is 0 Å². The minimum Gasteiger partial charge on any atom is -0.339 e. The third kappa shape index (κ3) is 3.93. The number of nitrogens with one attached hydrogen (secondary N) is 1. The summed E-state index contributed by atoms with van der Waals surface area (Å²) >= 11 is 0. The van der Waals surface area contributed by atoms with Crippen molar-refractivity contribution in [2.45, 2.75) is 38.6 Å². The molecule has 1 amide bonds. The number of nitrogens with zero attached hydrogens (tertiary/aromatic N) is 4. The summed E-state index contributed by atoms with van der Waals surface area (Å²) in [5, 5.41) is 3.30. The second kappa shape index (κ2) is 7.45. The van der Waals surface area contributed by atoms with Gasteiger partial charge in [0, 0.05) is 57.1 Å². The maximum atomic E-state index is 12.5. The summed E-state index contributed by atoms with van der Waals surface area (Å²) in [4.78, 5) is 21.4. The number of piperidine rings is 1. The Morgan fingerprint density at radius 2 is 2.13 bits per heavy atom. The number of piperazine rings is 1. The molecule has 3 rings (SSSR count). The molecule has 2 aliphatic rings. The molecule has 1 atom stereocenters. The largest absolute Gasteiger partial charge is 0.339 e. The van der Waals surface area contributed by atoms with Crippen LogP contribution in [0.3, 0.4) is 0 Å². The highest BCUT2D eigenvalue weighted by Gasteiger charge is 2.27. The topological polar surface area (TPSA) is 53.4 Å². The number of hydrogen-bond donors (Lipinski definition) is 1. The Morgan fingerprint density at radius 3 is 2.87 bits per heavy atom. The molecule has 6 heteroatoms. The summed E-state index contributed by atoms with van der Waals surface area (Å²) in [5.74, 6) is 1.90. The molecule has 2 fully saturated rings. The number of carbonyl (C=O) groups is 1. The van der Waals surface area contributed by atoms with Crippen LogP contribution in [0.1, 0.15) is 44.5 Å². The number of carbonyl (C=O) groups excluding carboxylic acids is 1. The van der Waals surface area contributed by atoms with E-state index in [2.05, 4.69) is 39.8 Å². The first-order chi connectivity index (χ1) is 11.1. The van der Waals surface area contributed by atoms with Crippen molar-refractivity contribution in [3.05, 3.63) is 18.2 Å². The summed E-state index contributed by atoms with van der Waals surface area (Å²) in [6, 6.07) is 0.436. The molecule has 23 heavy (non-hydrogen) atoms. The van der Waals surface area contributed by atoms with E-state index in [9.17, 15) is 4.79 Å². The molecule has 0 aliphatic carbocycles. The highest BCUT2D eigenvalue weighted by Crippen LogP contribution is 2.27. The molecule has 0 aromatic carbocycles. The number of imidazole rings is 1. The lowest BCUT2D eigenvalue weighted by molar-refractivity contribution is -0.133. The summed E-state index contributed by atoms with van der Waals surface area (Å²) in [6.07, 6.45) is 6.29. The van der Waals surface area contributed by atoms with E-state index in [4.69, 9.17) is 0 Å². The van der Waals surface area contributed by atoms with Gasteiger partial charge in [0.25, 0.3) is 0 Å². The molecular formula is C17H29N5O. The van der Waals surface area contributed by atoms with Crippen molar-refractivity contribution in [3.63, 3.8) is 0 Å². The normalized spacial score (nSPS) is 23.4. The van der Waals surface area contributed by atoms with Gasteiger partial charge >= 0.3 is 0 Å². The van der Waals surface area contributed by atoms with Gasteiger partial charge in [-0.25, -0.2) is 4.98 Å². The highest BCUT2D eigenvalue weighted by atomic mass is 16.2. The lowest BCUT2D eigenvalue weighted by Crippen LogP contribution is -2.50. The molecule has 6 nitrogen and oxygen atoms in total. The quantitative estimate of drug-likeness (QED) is 0.902. The van der Waals surface area contributed by atoms with Crippen LogP contribution in [0.2, 0.25) is 0 Å². The standard InChI is InChI=1S/C17H29N5O/c1-14(2)22-11-7-19-17(22)15-4-3-8-20(12-15)13-16(23)21-9-5-18-6-10-21/h7,11,14-15,18H,3-6,8-10,12-13H2,1-2H3. The van der Waals surface area contributed by atoms with E-state index in [0.717, 1.165) is 45.7 Å². The van der Waals surface area contributed by atoms with Crippen LogP contribution < -0.4 is 5.32 Å². The molecule has 3 heterocycles. The van der Waals surface area contributed by atoms with Crippen LogP contribution in [0.15, 0.2) is 12.4 Å². The summed E-state index contributed by atoms with van der Waals surface area (Å²) < 4.78 is 2.27. The predicted molar refractivity (Wildman–Crippen MR) is 90.5 cm³/mol. The van der Waals surface area contributed by atoms with Crippen LogP contribution in [-0.2, 0) is 4.79 Å². The first-order valence-electron chi connectivity index (χ1n) is 8.88. The highest BCUT2D eigenvalue weighted by molar-refractivity contribution is 5.78. The molecule has 2 aliphatic heterocycles. The van der Waals surface area contributed by atoms with Crippen LogP contribution in [0.25, 0.3) is 0 Å². The Morgan fingerprint density at radius 1 is 1.35 bits per heavy atom. The zero-order valence-corrected chi connectivity index (χ0v) is 14.4. The smallest absolute Gasteiger partial charge is 0.236 e.